The molecule has 0 amide bonds. The van der Waals surface area contributed by atoms with Gasteiger partial charge in [0.1, 0.15) is 17.3 Å². The summed E-state index contributed by atoms with van der Waals surface area (Å²) in [6.07, 6.45) is 4.36. The lowest BCUT2D eigenvalue weighted by molar-refractivity contribution is 0.480. The minimum atomic E-state index is -0.207. The third kappa shape index (κ3) is 9.16. The molecule has 6 aromatic carbocycles. The molecule has 2 aromatic heterocycles. The largest absolute Gasteiger partial charge is 0.457 e. The van der Waals surface area contributed by atoms with E-state index in [0.29, 0.717) is 18.5 Å². The van der Waals surface area contributed by atoms with Gasteiger partial charge in [0.25, 0.3) is 0 Å². The van der Waals surface area contributed by atoms with Gasteiger partial charge in [-0.25, -0.2) is 4.98 Å². The van der Waals surface area contributed by atoms with Gasteiger partial charge >= 0.3 is 0 Å². The van der Waals surface area contributed by atoms with Gasteiger partial charge < -0.3 is 14.5 Å². The molecule has 0 unspecified atom stereocenters. The maximum absolute atomic E-state index is 7.12. The van der Waals surface area contributed by atoms with Crippen molar-refractivity contribution in [2.45, 2.75) is 137 Å². The zero-order valence-corrected chi connectivity index (χ0v) is 44.5. The lowest BCUT2D eigenvalue weighted by Crippen LogP contribution is -2.28. The van der Waals surface area contributed by atoms with Gasteiger partial charge in [-0.15, -0.1) is 0 Å². The predicted molar refractivity (Wildman–Crippen MR) is 299 cm³/mol. The third-order valence-corrected chi connectivity index (χ3v) is 14.6. The fraction of sp³-hybridized carbons (Fsp3) is 0.338. The van der Waals surface area contributed by atoms with Gasteiger partial charge in [-0.2, -0.15) is 0 Å². The molecule has 8 aromatic rings. The number of pyridine rings is 1. The van der Waals surface area contributed by atoms with Crippen molar-refractivity contribution < 1.29 is 4.74 Å². The normalized spacial score (nSPS) is 13.9. The van der Waals surface area contributed by atoms with Gasteiger partial charge in [0.05, 0.1) is 23.4 Å². The first kappa shape index (κ1) is 48.4. The van der Waals surface area contributed by atoms with Crippen LogP contribution < -0.4 is 14.5 Å². The molecule has 360 valence electrons. The zero-order chi connectivity index (χ0) is 50.1. The second-order valence-corrected chi connectivity index (χ2v) is 23.9. The third-order valence-electron chi connectivity index (χ3n) is 14.6. The van der Waals surface area contributed by atoms with Crippen molar-refractivity contribution in [1.29, 1.82) is 0 Å². The van der Waals surface area contributed by atoms with Crippen molar-refractivity contribution >= 4 is 38.9 Å². The summed E-state index contributed by atoms with van der Waals surface area (Å²) in [5.74, 6) is 3.14. The van der Waals surface area contributed by atoms with Crippen molar-refractivity contribution in [3.8, 4) is 17.3 Å². The molecular weight excluding hydrogens is 853 g/mol. The van der Waals surface area contributed by atoms with Crippen LogP contribution in [0.3, 0.4) is 0 Å². The highest BCUT2D eigenvalue weighted by molar-refractivity contribution is 6.11. The quantitative estimate of drug-likeness (QED) is 0.137. The summed E-state index contributed by atoms with van der Waals surface area (Å²) in [7, 11) is 0. The van der Waals surface area contributed by atoms with Crippen LogP contribution in [-0.4, -0.2) is 16.2 Å². The van der Waals surface area contributed by atoms with Crippen LogP contribution in [-0.2, 0) is 21.7 Å². The number of rotatable bonds is 10. The van der Waals surface area contributed by atoms with Gasteiger partial charge in [0.2, 0.25) is 0 Å². The second-order valence-electron chi connectivity index (χ2n) is 23.9. The fourth-order valence-corrected chi connectivity index (χ4v) is 10.3. The van der Waals surface area contributed by atoms with Crippen LogP contribution in [0, 0.1) is 0 Å². The summed E-state index contributed by atoms with van der Waals surface area (Å²) in [6, 6.07) is 51.4. The lowest BCUT2D eigenvalue weighted by atomic mass is 9.75. The molecule has 0 bridgehead atoms. The minimum Gasteiger partial charge on any atom is -0.457 e. The van der Waals surface area contributed by atoms with Gasteiger partial charge in [0, 0.05) is 57.7 Å². The molecule has 5 heteroatoms. The molecule has 0 saturated carbocycles. The van der Waals surface area contributed by atoms with E-state index in [1.54, 1.807) is 0 Å². The first-order chi connectivity index (χ1) is 33.0. The standard InChI is InChI=1S/C65H74N4O/c1-42(2)52-28-22-29-53(43(3)4)60(52)58-40-67(49-34-46(63(8,9)10)33-47(35-49)65(14,15)44-23-17-16-18-24-44)41-68(58)48-25-21-26-50(37-48)70-51-38-55(64(11,12)13)61-54-27-19-20-30-56(54)69(57(61)39-51)59-36-45(31-32-66-59)62(5,6)7/h16-40,42-43H,41H2,1-15H3. The smallest absolute Gasteiger partial charge is 0.137 e. The maximum Gasteiger partial charge on any atom is 0.137 e. The monoisotopic (exact) mass is 927 g/mol. The van der Waals surface area contributed by atoms with Crippen LogP contribution in [0.15, 0.2) is 152 Å². The number of benzene rings is 6. The molecule has 0 radical (unpaired) electrons. The number of para-hydroxylation sites is 1. The molecule has 0 N–H and O–H groups in total. The summed E-state index contributed by atoms with van der Waals surface area (Å²) < 4.78 is 9.45. The molecule has 0 spiro atoms. The number of ether oxygens (including phenoxy) is 1. The number of anilines is 2. The van der Waals surface area contributed by atoms with Crippen LogP contribution in [0.1, 0.15) is 160 Å². The highest BCUT2D eigenvalue weighted by Gasteiger charge is 2.33. The summed E-state index contributed by atoms with van der Waals surface area (Å²) in [4.78, 5) is 9.97. The van der Waals surface area contributed by atoms with E-state index in [-0.39, 0.29) is 21.7 Å². The van der Waals surface area contributed by atoms with Gasteiger partial charge in [0.15, 0.2) is 0 Å². The Hall–Kier alpha value is -6.59. The van der Waals surface area contributed by atoms with Crippen LogP contribution in [0.25, 0.3) is 33.3 Å². The molecule has 0 aliphatic carbocycles. The summed E-state index contributed by atoms with van der Waals surface area (Å²) >= 11 is 0. The Morgan fingerprint density at radius 1 is 0.514 bits per heavy atom. The van der Waals surface area contributed by atoms with E-state index >= 15 is 0 Å². The Bertz CT molecular complexity index is 3230. The molecule has 0 atom stereocenters. The summed E-state index contributed by atoms with van der Waals surface area (Å²) in [5.41, 5.74) is 15.6. The molecule has 0 fully saturated rings. The lowest BCUT2D eigenvalue weighted by Gasteiger charge is -2.31. The fourth-order valence-electron chi connectivity index (χ4n) is 10.3. The topological polar surface area (TPSA) is 33.5 Å². The molecule has 3 heterocycles. The van der Waals surface area contributed by atoms with E-state index in [4.69, 9.17) is 9.72 Å². The van der Waals surface area contributed by atoms with Crippen molar-refractivity contribution in [2.75, 3.05) is 16.5 Å². The maximum atomic E-state index is 7.12. The first-order valence-corrected chi connectivity index (χ1v) is 25.4. The van der Waals surface area contributed by atoms with E-state index in [9.17, 15) is 0 Å². The molecule has 9 rings (SSSR count). The number of hydrogen-bond acceptors (Lipinski definition) is 4. The number of fused-ring (bicyclic) bond motifs is 3. The van der Waals surface area contributed by atoms with Gasteiger partial charge in [-0.05, 0) is 116 Å². The number of hydrogen-bond donors (Lipinski definition) is 0. The number of nitrogens with zero attached hydrogens (tertiary/aromatic N) is 4. The zero-order valence-electron chi connectivity index (χ0n) is 44.5. The first-order valence-electron chi connectivity index (χ1n) is 25.4. The highest BCUT2D eigenvalue weighted by Crippen LogP contribution is 2.46. The molecule has 1 aliphatic heterocycles. The van der Waals surface area contributed by atoms with E-state index in [0.717, 1.165) is 34.0 Å². The van der Waals surface area contributed by atoms with Crippen molar-refractivity contribution in [2.24, 2.45) is 0 Å². The van der Waals surface area contributed by atoms with E-state index in [1.807, 2.05) is 6.20 Å². The Morgan fingerprint density at radius 2 is 1.16 bits per heavy atom. The van der Waals surface area contributed by atoms with Crippen LogP contribution >= 0.6 is 0 Å². The predicted octanol–water partition coefficient (Wildman–Crippen LogP) is 17.7. The second kappa shape index (κ2) is 18.0. The van der Waals surface area contributed by atoms with Crippen LogP contribution in [0.4, 0.5) is 11.4 Å². The SMILES string of the molecule is CC(C)c1cccc(C(C)C)c1C1=CN(c2cc(C(C)(C)C)cc(C(C)(C)c3ccccc3)c2)CN1c1cccc(Oc2cc(C(C)(C)C)c3c4ccccc4n(-c4cc(C(C)(C)C)ccn4)c3c2)c1. The Labute approximate surface area is 418 Å². The van der Waals surface area contributed by atoms with E-state index in [2.05, 4.69) is 264 Å². The molecular formula is C65H74N4O. The number of aromatic nitrogens is 2. The van der Waals surface area contributed by atoms with Crippen molar-refractivity contribution in [3.05, 3.63) is 196 Å². The van der Waals surface area contributed by atoms with Gasteiger partial charge in [-0.3, -0.25) is 4.57 Å². The Morgan fingerprint density at radius 3 is 1.81 bits per heavy atom. The Kier molecular flexibility index (Phi) is 12.4. The molecule has 0 saturated heterocycles. The van der Waals surface area contributed by atoms with Crippen molar-refractivity contribution in [1.82, 2.24) is 9.55 Å². The Balaban J connectivity index is 1.19. The van der Waals surface area contributed by atoms with Crippen LogP contribution in [0.2, 0.25) is 0 Å². The minimum absolute atomic E-state index is 0.0281. The van der Waals surface area contributed by atoms with Crippen molar-refractivity contribution in [3.63, 3.8) is 0 Å². The average Bonchev–Trinajstić information content (AvgIpc) is 3.91. The van der Waals surface area contributed by atoms with Gasteiger partial charge in [-0.1, -0.05) is 183 Å². The summed E-state index contributed by atoms with van der Waals surface area (Å²) in [5, 5.41) is 2.44. The van der Waals surface area contributed by atoms with E-state index in [1.165, 1.54) is 66.7 Å². The summed E-state index contributed by atoms with van der Waals surface area (Å²) in [6.45, 7) is 35.3. The van der Waals surface area contributed by atoms with Crippen LogP contribution in [0.5, 0.6) is 11.5 Å². The molecule has 1 aliphatic rings. The average molecular weight is 927 g/mol. The molecule has 70 heavy (non-hydrogen) atoms. The van der Waals surface area contributed by atoms with E-state index < -0.39 is 0 Å². The molecule has 5 nitrogen and oxygen atoms in total. The highest BCUT2D eigenvalue weighted by atomic mass is 16.5.